The van der Waals surface area contributed by atoms with Crippen LogP contribution in [0.4, 0.5) is 13.2 Å². The van der Waals surface area contributed by atoms with Crippen molar-refractivity contribution in [3.63, 3.8) is 0 Å². The van der Waals surface area contributed by atoms with E-state index < -0.39 is 17.6 Å². The Morgan fingerprint density at radius 1 is 1.19 bits per heavy atom. The summed E-state index contributed by atoms with van der Waals surface area (Å²) in [4.78, 5) is 19.9. The number of rotatable bonds is 6. The minimum absolute atomic E-state index is 0.0201. The summed E-state index contributed by atoms with van der Waals surface area (Å²) in [6.45, 7) is 0.0865. The molecule has 0 aliphatic carbocycles. The van der Waals surface area contributed by atoms with E-state index in [0.717, 1.165) is 24.0 Å². The fourth-order valence-electron chi connectivity index (χ4n) is 2.16. The molecule has 2 aromatic heterocycles. The Bertz CT molecular complexity index is 911. The predicted octanol–water partition coefficient (Wildman–Crippen LogP) is 3.60. The molecule has 0 fully saturated rings. The molecule has 3 aromatic rings. The summed E-state index contributed by atoms with van der Waals surface area (Å²) in [7, 11) is 0. The Morgan fingerprint density at radius 3 is 2.70 bits per heavy atom. The largest absolute Gasteiger partial charge is 0.484 e. The quantitative estimate of drug-likeness (QED) is 0.710. The first-order valence-electron chi connectivity index (χ1n) is 7.83. The number of ether oxygens (including phenoxy) is 1. The Kier molecular flexibility index (Phi) is 5.39. The molecule has 0 atom stereocenters. The van der Waals surface area contributed by atoms with Gasteiger partial charge in [0.05, 0.1) is 5.56 Å². The minimum atomic E-state index is -4.46. The number of nitrogens with zero attached hydrogens (tertiary/aromatic N) is 2. The number of alkyl halides is 3. The summed E-state index contributed by atoms with van der Waals surface area (Å²) in [5.41, 5.74) is 0.102. The number of oxazole rings is 1. The van der Waals surface area contributed by atoms with Gasteiger partial charge in [-0.25, -0.2) is 4.98 Å². The number of amides is 1. The first-order valence-corrected chi connectivity index (χ1v) is 7.83. The van der Waals surface area contributed by atoms with Crippen molar-refractivity contribution in [2.24, 2.45) is 0 Å². The fourth-order valence-corrected chi connectivity index (χ4v) is 2.16. The van der Waals surface area contributed by atoms with Gasteiger partial charge in [-0.1, -0.05) is 6.07 Å². The molecular weight excluding hydrogens is 363 g/mol. The third kappa shape index (κ3) is 5.06. The van der Waals surface area contributed by atoms with Gasteiger partial charge in [0.1, 0.15) is 12.0 Å². The maximum absolute atomic E-state index is 12.7. The Hall–Kier alpha value is -3.36. The average Bonchev–Trinajstić information content (AvgIpc) is 3.14. The van der Waals surface area contributed by atoms with Gasteiger partial charge in [0.2, 0.25) is 5.89 Å². The molecule has 140 valence electrons. The molecule has 0 aliphatic heterocycles. The van der Waals surface area contributed by atoms with E-state index in [1.54, 1.807) is 24.5 Å². The van der Waals surface area contributed by atoms with Crippen LogP contribution < -0.4 is 10.1 Å². The molecule has 2 heterocycles. The van der Waals surface area contributed by atoms with E-state index in [2.05, 4.69) is 15.3 Å². The number of carbonyl (C=O) groups is 1. The monoisotopic (exact) mass is 377 g/mol. The number of carbonyl (C=O) groups excluding carboxylic acids is 1. The maximum atomic E-state index is 12.7. The third-order valence-corrected chi connectivity index (χ3v) is 3.51. The molecule has 9 heteroatoms. The van der Waals surface area contributed by atoms with E-state index >= 15 is 0 Å². The van der Waals surface area contributed by atoms with Crippen LogP contribution in [0, 0.1) is 0 Å². The first-order chi connectivity index (χ1) is 12.9. The van der Waals surface area contributed by atoms with Crippen LogP contribution in [0.25, 0.3) is 0 Å². The molecule has 6 nitrogen and oxygen atoms in total. The zero-order chi connectivity index (χ0) is 19.3. The number of benzene rings is 1. The summed E-state index contributed by atoms with van der Waals surface area (Å²) in [5, 5.41) is 2.67. The standard InChI is InChI=1S/C18H14F3N3O3/c19-18(20,21)13-2-1-3-14(8-13)26-11-16-24-15(10-27-16)17(25)23-9-12-4-6-22-7-5-12/h1-8,10H,9,11H2,(H,23,25). The molecule has 0 bridgehead atoms. The first kappa shape index (κ1) is 18.4. The van der Waals surface area contributed by atoms with E-state index in [1.165, 1.54) is 12.1 Å². The highest BCUT2D eigenvalue weighted by Crippen LogP contribution is 2.31. The second kappa shape index (κ2) is 7.90. The summed E-state index contributed by atoms with van der Waals surface area (Å²) in [5.74, 6) is -0.353. The molecule has 0 radical (unpaired) electrons. The SMILES string of the molecule is O=C(NCc1ccncc1)c1coc(COc2cccc(C(F)(F)F)c2)n1. The molecule has 1 N–H and O–H groups in total. The number of nitrogens with one attached hydrogen (secondary N) is 1. The molecule has 1 amide bonds. The van der Waals surface area contributed by atoms with E-state index in [9.17, 15) is 18.0 Å². The van der Waals surface area contributed by atoms with Crippen LogP contribution >= 0.6 is 0 Å². The normalized spacial score (nSPS) is 11.2. The molecule has 0 unspecified atom stereocenters. The van der Waals surface area contributed by atoms with Crippen molar-refractivity contribution in [1.82, 2.24) is 15.3 Å². The van der Waals surface area contributed by atoms with Crippen LogP contribution in [0.1, 0.15) is 27.5 Å². The molecule has 0 saturated carbocycles. The van der Waals surface area contributed by atoms with Gasteiger partial charge in [0.25, 0.3) is 5.91 Å². The van der Waals surface area contributed by atoms with Crippen molar-refractivity contribution in [3.05, 3.63) is 77.8 Å². The van der Waals surface area contributed by atoms with Crippen molar-refractivity contribution in [2.45, 2.75) is 19.3 Å². The van der Waals surface area contributed by atoms with Crippen LogP contribution in [0.15, 0.2) is 59.5 Å². The van der Waals surface area contributed by atoms with Crippen LogP contribution in [0.3, 0.4) is 0 Å². The molecule has 1 aromatic carbocycles. The molecule has 0 spiro atoms. The van der Waals surface area contributed by atoms with Crippen LogP contribution in [-0.4, -0.2) is 15.9 Å². The lowest BCUT2D eigenvalue weighted by Crippen LogP contribution is -2.23. The average molecular weight is 377 g/mol. The lowest BCUT2D eigenvalue weighted by atomic mass is 10.2. The predicted molar refractivity (Wildman–Crippen MR) is 87.7 cm³/mol. The van der Waals surface area contributed by atoms with Gasteiger partial charge in [0.15, 0.2) is 12.3 Å². The van der Waals surface area contributed by atoms with Gasteiger partial charge in [-0.3, -0.25) is 9.78 Å². The van der Waals surface area contributed by atoms with Gasteiger partial charge < -0.3 is 14.5 Å². The van der Waals surface area contributed by atoms with E-state index in [0.29, 0.717) is 6.54 Å². The zero-order valence-corrected chi connectivity index (χ0v) is 13.9. The van der Waals surface area contributed by atoms with Crippen LogP contribution in [-0.2, 0) is 19.3 Å². The summed E-state index contributed by atoms with van der Waals surface area (Å²) >= 11 is 0. The maximum Gasteiger partial charge on any atom is 0.416 e. The van der Waals surface area contributed by atoms with Crippen molar-refractivity contribution in [2.75, 3.05) is 0 Å². The van der Waals surface area contributed by atoms with Gasteiger partial charge in [0, 0.05) is 18.9 Å². The lowest BCUT2D eigenvalue weighted by Gasteiger charge is -2.09. The molecular formula is C18H14F3N3O3. The number of aromatic nitrogens is 2. The molecule has 3 rings (SSSR count). The van der Waals surface area contributed by atoms with Gasteiger partial charge in [-0.05, 0) is 35.9 Å². The minimum Gasteiger partial charge on any atom is -0.484 e. The number of hydrogen-bond acceptors (Lipinski definition) is 5. The summed E-state index contributed by atoms with van der Waals surface area (Å²) < 4.78 is 48.4. The summed E-state index contributed by atoms with van der Waals surface area (Å²) in [6.07, 6.45) is -0.0727. The molecule has 0 aliphatic rings. The molecule has 27 heavy (non-hydrogen) atoms. The molecule has 0 saturated heterocycles. The van der Waals surface area contributed by atoms with Gasteiger partial charge >= 0.3 is 6.18 Å². The Labute approximate surface area is 152 Å². The van der Waals surface area contributed by atoms with E-state index in [4.69, 9.17) is 9.15 Å². The summed E-state index contributed by atoms with van der Waals surface area (Å²) in [6, 6.07) is 7.98. The van der Waals surface area contributed by atoms with Crippen molar-refractivity contribution in [3.8, 4) is 5.75 Å². The Morgan fingerprint density at radius 2 is 1.96 bits per heavy atom. The highest BCUT2D eigenvalue weighted by molar-refractivity contribution is 5.91. The number of hydrogen-bond donors (Lipinski definition) is 1. The second-order valence-corrected chi connectivity index (χ2v) is 5.48. The highest BCUT2D eigenvalue weighted by Gasteiger charge is 2.30. The van der Waals surface area contributed by atoms with Crippen molar-refractivity contribution >= 4 is 5.91 Å². The zero-order valence-electron chi connectivity index (χ0n) is 13.9. The van der Waals surface area contributed by atoms with Crippen molar-refractivity contribution < 1.29 is 27.1 Å². The lowest BCUT2D eigenvalue weighted by molar-refractivity contribution is -0.137. The number of halogens is 3. The van der Waals surface area contributed by atoms with Gasteiger partial charge in [-0.15, -0.1) is 0 Å². The third-order valence-electron chi connectivity index (χ3n) is 3.51. The van der Waals surface area contributed by atoms with Gasteiger partial charge in [-0.2, -0.15) is 13.2 Å². The van der Waals surface area contributed by atoms with Crippen LogP contribution in [0.2, 0.25) is 0 Å². The highest BCUT2D eigenvalue weighted by atomic mass is 19.4. The second-order valence-electron chi connectivity index (χ2n) is 5.48. The number of pyridine rings is 1. The fraction of sp³-hybridized carbons (Fsp3) is 0.167. The Balaban J connectivity index is 1.56. The van der Waals surface area contributed by atoms with E-state index in [1.807, 2.05) is 0 Å². The smallest absolute Gasteiger partial charge is 0.416 e. The topological polar surface area (TPSA) is 77.2 Å². The van der Waals surface area contributed by atoms with E-state index in [-0.39, 0.29) is 23.9 Å². The van der Waals surface area contributed by atoms with Crippen molar-refractivity contribution in [1.29, 1.82) is 0 Å². The van der Waals surface area contributed by atoms with Crippen LogP contribution in [0.5, 0.6) is 5.75 Å².